The predicted octanol–water partition coefficient (Wildman–Crippen LogP) is 0.224. The summed E-state index contributed by atoms with van der Waals surface area (Å²) in [5.41, 5.74) is 11.1. The van der Waals surface area contributed by atoms with Crippen molar-refractivity contribution in [2.24, 2.45) is 0 Å². The summed E-state index contributed by atoms with van der Waals surface area (Å²) in [7, 11) is 1.88. The van der Waals surface area contributed by atoms with E-state index in [-0.39, 0.29) is 0 Å². The molecule has 0 amide bonds. The van der Waals surface area contributed by atoms with Gasteiger partial charge >= 0.3 is 0 Å². The van der Waals surface area contributed by atoms with Gasteiger partial charge in [-0.05, 0) is 12.1 Å². The Morgan fingerprint density at radius 1 is 1.39 bits per heavy atom. The van der Waals surface area contributed by atoms with Crippen LogP contribution in [0.15, 0.2) is 12.1 Å². The molecule has 1 saturated heterocycles. The number of hydrogen-bond acceptors (Lipinski definition) is 6. The molecule has 5 N–H and O–H groups in total. The molecule has 6 nitrogen and oxygen atoms in total. The highest BCUT2D eigenvalue weighted by molar-refractivity contribution is 5.62. The lowest BCUT2D eigenvalue weighted by molar-refractivity contribution is -0.0573. The third-order valence-electron chi connectivity index (χ3n) is 3.29. The predicted molar refractivity (Wildman–Crippen MR) is 71.3 cm³/mol. The zero-order valence-electron chi connectivity index (χ0n) is 10.6. The van der Waals surface area contributed by atoms with Gasteiger partial charge in [-0.15, -0.1) is 0 Å². The SMILES string of the molecule is CN(CC1(O)CCOCC1)c1ccc(N)c(N)n1. The highest BCUT2D eigenvalue weighted by Gasteiger charge is 2.31. The Hall–Kier alpha value is -1.53. The second-order valence-corrected chi connectivity index (χ2v) is 4.84. The van der Waals surface area contributed by atoms with Crippen LogP contribution in [0, 0.1) is 0 Å². The Balaban J connectivity index is 2.06. The summed E-state index contributed by atoms with van der Waals surface area (Å²) in [4.78, 5) is 6.10. The Labute approximate surface area is 107 Å². The normalized spacial score (nSPS) is 18.6. The number of ether oxygens (including phenoxy) is 1. The number of pyridine rings is 1. The summed E-state index contributed by atoms with van der Waals surface area (Å²) in [6.07, 6.45) is 1.28. The summed E-state index contributed by atoms with van der Waals surface area (Å²) in [6, 6.07) is 3.52. The zero-order chi connectivity index (χ0) is 13.2. The van der Waals surface area contributed by atoms with Crippen molar-refractivity contribution in [1.82, 2.24) is 4.98 Å². The summed E-state index contributed by atoms with van der Waals surface area (Å²) in [5.74, 6) is 1.03. The summed E-state index contributed by atoms with van der Waals surface area (Å²) in [6.45, 7) is 1.70. The van der Waals surface area contributed by atoms with E-state index in [9.17, 15) is 5.11 Å². The Kier molecular flexibility index (Phi) is 3.58. The molecule has 0 saturated carbocycles. The van der Waals surface area contributed by atoms with E-state index in [1.165, 1.54) is 0 Å². The topological polar surface area (TPSA) is 97.6 Å². The number of aliphatic hydroxyl groups is 1. The second-order valence-electron chi connectivity index (χ2n) is 4.84. The molecular formula is C12H20N4O2. The monoisotopic (exact) mass is 252 g/mol. The molecule has 1 aromatic heterocycles. The molecule has 18 heavy (non-hydrogen) atoms. The Morgan fingerprint density at radius 2 is 2.06 bits per heavy atom. The molecule has 0 atom stereocenters. The van der Waals surface area contributed by atoms with Crippen LogP contribution >= 0.6 is 0 Å². The van der Waals surface area contributed by atoms with Gasteiger partial charge in [0.1, 0.15) is 11.6 Å². The van der Waals surface area contributed by atoms with E-state index in [4.69, 9.17) is 16.2 Å². The van der Waals surface area contributed by atoms with E-state index in [0.29, 0.717) is 49.9 Å². The minimum atomic E-state index is -0.717. The molecule has 0 unspecified atom stereocenters. The number of hydrogen-bond donors (Lipinski definition) is 3. The second kappa shape index (κ2) is 4.99. The van der Waals surface area contributed by atoms with Gasteiger partial charge in [0, 0.05) is 39.6 Å². The van der Waals surface area contributed by atoms with Crippen LogP contribution in [-0.4, -0.2) is 42.5 Å². The van der Waals surface area contributed by atoms with Gasteiger partial charge in [-0.25, -0.2) is 4.98 Å². The zero-order valence-corrected chi connectivity index (χ0v) is 10.6. The number of nitrogens with zero attached hydrogens (tertiary/aromatic N) is 2. The van der Waals surface area contributed by atoms with Gasteiger partial charge in [0.25, 0.3) is 0 Å². The third-order valence-corrected chi connectivity index (χ3v) is 3.29. The Morgan fingerprint density at radius 3 is 2.67 bits per heavy atom. The van der Waals surface area contributed by atoms with Crippen molar-refractivity contribution in [3.8, 4) is 0 Å². The molecule has 0 aliphatic carbocycles. The smallest absolute Gasteiger partial charge is 0.149 e. The molecule has 0 aromatic carbocycles. The van der Waals surface area contributed by atoms with Crippen molar-refractivity contribution in [2.75, 3.05) is 43.2 Å². The molecule has 6 heteroatoms. The van der Waals surface area contributed by atoms with Gasteiger partial charge in [-0.2, -0.15) is 0 Å². The van der Waals surface area contributed by atoms with Crippen molar-refractivity contribution in [2.45, 2.75) is 18.4 Å². The molecule has 0 radical (unpaired) electrons. The molecular weight excluding hydrogens is 232 g/mol. The van der Waals surface area contributed by atoms with Crippen LogP contribution in [0.3, 0.4) is 0 Å². The van der Waals surface area contributed by atoms with Crippen molar-refractivity contribution < 1.29 is 9.84 Å². The minimum absolute atomic E-state index is 0.318. The fourth-order valence-electron chi connectivity index (χ4n) is 2.12. The van der Waals surface area contributed by atoms with Crippen molar-refractivity contribution in [3.63, 3.8) is 0 Å². The molecule has 1 aliphatic heterocycles. The van der Waals surface area contributed by atoms with Crippen LogP contribution in [0.5, 0.6) is 0 Å². The lowest BCUT2D eigenvalue weighted by Crippen LogP contribution is -2.46. The fourth-order valence-corrected chi connectivity index (χ4v) is 2.12. The fraction of sp³-hybridized carbons (Fsp3) is 0.583. The van der Waals surface area contributed by atoms with Crippen molar-refractivity contribution in [1.29, 1.82) is 0 Å². The number of rotatable bonds is 3. The maximum absolute atomic E-state index is 10.4. The molecule has 1 fully saturated rings. The first kappa shape index (κ1) is 12.9. The van der Waals surface area contributed by atoms with Crippen LogP contribution in [0.25, 0.3) is 0 Å². The number of aromatic nitrogens is 1. The molecule has 1 aliphatic rings. The van der Waals surface area contributed by atoms with E-state index in [0.717, 1.165) is 0 Å². The molecule has 2 heterocycles. The molecule has 100 valence electrons. The first-order valence-corrected chi connectivity index (χ1v) is 6.03. The first-order chi connectivity index (χ1) is 8.50. The van der Waals surface area contributed by atoms with Gasteiger partial charge in [0.05, 0.1) is 11.3 Å². The number of anilines is 3. The highest BCUT2D eigenvalue weighted by atomic mass is 16.5. The van der Waals surface area contributed by atoms with Crippen LogP contribution in [0.1, 0.15) is 12.8 Å². The summed E-state index contributed by atoms with van der Waals surface area (Å²) in [5, 5.41) is 10.4. The van der Waals surface area contributed by atoms with Crippen LogP contribution < -0.4 is 16.4 Å². The Bertz CT molecular complexity index is 419. The molecule has 0 bridgehead atoms. The average Bonchev–Trinajstić information content (AvgIpc) is 2.33. The number of nitrogen functional groups attached to an aromatic ring is 2. The number of nitrogens with two attached hydrogens (primary N) is 2. The van der Waals surface area contributed by atoms with Crippen LogP contribution in [0.2, 0.25) is 0 Å². The van der Waals surface area contributed by atoms with E-state index in [2.05, 4.69) is 4.98 Å². The van der Waals surface area contributed by atoms with E-state index in [1.807, 2.05) is 11.9 Å². The largest absolute Gasteiger partial charge is 0.396 e. The van der Waals surface area contributed by atoms with E-state index < -0.39 is 5.60 Å². The highest BCUT2D eigenvalue weighted by Crippen LogP contribution is 2.24. The van der Waals surface area contributed by atoms with Crippen molar-refractivity contribution >= 4 is 17.3 Å². The molecule has 2 rings (SSSR count). The lowest BCUT2D eigenvalue weighted by atomic mass is 9.94. The summed E-state index contributed by atoms with van der Waals surface area (Å²) >= 11 is 0. The third kappa shape index (κ3) is 2.83. The minimum Gasteiger partial charge on any atom is -0.396 e. The molecule has 1 aromatic rings. The first-order valence-electron chi connectivity index (χ1n) is 6.03. The molecule has 0 spiro atoms. The van der Waals surface area contributed by atoms with Crippen molar-refractivity contribution in [3.05, 3.63) is 12.1 Å². The van der Waals surface area contributed by atoms with Crippen LogP contribution in [0.4, 0.5) is 17.3 Å². The van der Waals surface area contributed by atoms with Gasteiger partial charge < -0.3 is 26.2 Å². The maximum atomic E-state index is 10.4. The quantitative estimate of drug-likeness (QED) is 0.712. The van der Waals surface area contributed by atoms with E-state index in [1.54, 1.807) is 12.1 Å². The van der Waals surface area contributed by atoms with Gasteiger partial charge in [-0.1, -0.05) is 0 Å². The average molecular weight is 252 g/mol. The maximum Gasteiger partial charge on any atom is 0.149 e. The van der Waals surface area contributed by atoms with Crippen LogP contribution in [-0.2, 0) is 4.74 Å². The lowest BCUT2D eigenvalue weighted by Gasteiger charge is -2.35. The van der Waals surface area contributed by atoms with E-state index >= 15 is 0 Å². The number of likely N-dealkylation sites (N-methyl/N-ethyl adjacent to an activating group) is 1. The van der Waals surface area contributed by atoms with Gasteiger partial charge in [0.15, 0.2) is 0 Å². The van der Waals surface area contributed by atoms with Gasteiger partial charge in [0.2, 0.25) is 0 Å². The standard InChI is InChI=1S/C12H20N4O2/c1-16(8-12(17)4-6-18-7-5-12)10-3-2-9(13)11(14)15-10/h2-3,17H,4-8,13H2,1H3,(H2,14,15). The van der Waals surface area contributed by atoms with Gasteiger partial charge in [-0.3, -0.25) is 0 Å². The summed E-state index contributed by atoms with van der Waals surface area (Å²) < 4.78 is 5.26.